The Morgan fingerprint density at radius 2 is 1.68 bits per heavy atom. The molecule has 1 saturated heterocycles. The van der Waals surface area contributed by atoms with E-state index in [1.54, 1.807) is 23.1 Å². The number of benzene rings is 2. The Morgan fingerprint density at radius 1 is 1.04 bits per heavy atom. The van der Waals surface area contributed by atoms with Crippen LogP contribution in [0, 0.1) is 11.3 Å². The van der Waals surface area contributed by atoms with Crippen LogP contribution in [0.2, 0.25) is 10.0 Å². The third-order valence-electron chi connectivity index (χ3n) is 4.58. The van der Waals surface area contributed by atoms with Gasteiger partial charge in [-0.3, -0.25) is 9.69 Å². The van der Waals surface area contributed by atoms with Gasteiger partial charge in [0.15, 0.2) is 0 Å². The van der Waals surface area contributed by atoms with Crippen molar-refractivity contribution in [3.63, 3.8) is 0 Å². The van der Waals surface area contributed by atoms with E-state index in [2.05, 4.69) is 22.3 Å². The largest absolute Gasteiger partial charge is 0.358 e. The highest BCUT2D eigenvalue weighted by atomic mass is 35.5. The van der Waals surface area contributed by atoms with Gasteiger partial charge in [0.25, 0.3) is 5.91 Å². The molecule has 0 saturated carbocycles. The minimum absolute atomic E-state index is 0.0208. The number of piperazine rings is 1. The highest BCUT2D eigenvalue weighted by Gasteiger charge is 2.23. The van der Waals surface area contributed by atoms with E-state index >= 15 is 0 Å². The summed E-state index contributed by atoms with van der Waals surface area (Å²) in [5.74, 6) is -0.294. The average Bonchev–Trinajstić information content (AvgIpc) is 2.71. The maximum atomic E-state index is 12.7. The van der Waals surface area contributed by atoms with E-state index in [0.29, 0.717) is 28.8 Å². The lowest BCUT2D eigenvalue weighted by molar-refractivity contribution is -0.128. The minimum Gasteiger partial charge on any atom is -0.358 e. The first-order valence-electron chi connectivity index (χ1n) is 8.95. The quantitative estimate of drug-likeness (QED) is 0.589. The van der Waals surface area contributed by atoms with Crippen LogP contribution in [0.1, 0.15) is 5.56 Å². The van der Waals surface area contributed by atoms with Crippen LogP contribution in [0.15, 0.2) is 60.3 Å². The first-order valence-corrected chi connectivity index (χ1v) is 9.70. The molecular formula is C21H20Cl2N4O. The molecule has 2 aromatic carbocycles. The fourth-order valence-electron chi connectivity index (χ4n) is 3.04. The van der Waals surface area contributed by atoms with E-state index in [-0.39, 0.29) is 11.5 Å². The summed E-state index contributed by atoms with van der Waals surface area (Å²) in [5.41, 5.74) is 1.74. The molecule has 1 N–H and O–H groups in total. The Hall–Kier alpha value is -2.52. The van der Waals surface area contributed by atoms with Gasteiger partial charge in [-0.1, -0.05) is 59.6 Å². The van der Waals surface area contributed by atoms with Crippen molar-refractivity contribution in [1.29, 1.82) is 5.26 Å². The molecule has 3 rings (SSSR count). The number of hydrogen-bond donors (Lipinski definition) is 1. The summed E-state index contributed by atoms with van der Waals surface area (Å²) >= 11 is 12.2. The van der Waals surface area contributed by atoms with Crippen molar-refractivity contribution >= 4 is 34.8 Å². The van der Waals surface area contributed by atoms with Gasteiger partial charge in [-0.2, -0.15) is 5.26 Å². The van der Waals surface area contributed by atoms with Crippen LogP contribution in [0.5, 0.6) is 0 Å². The molecule has 0 spiro atoms. The van der Waals surface area contributed by atoms with Crippen LogP contribution in [0.4, 0.5) is 5.69 Å². The Morgan fingerprint density at radius 3 is 2.29 bits per heavy atom. The lowest BCUT2D eigenvalue weighted by atomic mass is 10.2. The second-order valence-corrected chi connectivity index (χ2v) is 7.28. The fraction of sp³-hybridized carbons (Fsp3) is 0.238. The Kier molecular flexibility index (Phi) is 6.94. The molecule has 0 atom stereocenters. The zero-order valence-corrected chi connectivity index (χ0v) is 16.7. The number of rotatable bonds is 5. The van der Waals surface area contributed by atoms with Gasteiger partial charge in [-0.25, -0.2) is 0 Å². The molecule has 28 heavy (non-hydrogen) atoms. The number of halogens is 2. The second-order valence-electron chi connectivity index (χ2n) is 6.46. The number of para-hydroxylation sites is 1. The summed E-state index contributed by atoms with van der Waals surface area (Å²) in [7, 11) is 0. The highest BCUT2D eigenvalue weighted by molar-refractivity contribution is 6.39. The summed E-state index contributed by atoms with van der Waals surface area (Å²) in [6.45, 7) is 3.55. The van der Waals surface area contributed by atoms with Crippen LogP contribution < -0.4 is 5.32 Å². The van der Waals surface area contributed by atoms with Gasteiger partial charge in [0.05, 0.1) is 15.7 Å². The number of nitrogens with one attached hydrogen (secondary N) is 1. The Labute approximate surface area is 174 Å². The van der Waals surface area contributed by atoms with Gasteiger partial charge in [0.1, 0.15) is 11.6 Å². The number of nitrogens with zero attached hydrogens (tertiary/aromatic N) is 3. The lowest BCUT2D eigenvalue weighted by Crippen LogP contribution is -2.48. The third kappa shape index (κ3) is 5.05. The highest BCUT2D eigenvalue weighted by Crippen LogP contribution is 2.30. The van der Waals surface area contributed by atoms with Crippen LogP contribution in [-0.4, -0.2) is 41.9 Å². The summed E-state index contributed by atoms with van der Waals surface area (Å²) in [6, 6.07) is 17.3. The van der Waals surface area contributed by atoms with Gasteiger partial charge in [0, 0.05) is 38.9 Å². The van der Waals surface area contributed by atoms with E-state index in [1.807, 2.05) is 24.3 Å². The smallest absolute Gasteiger partial charge is 0.266 e. The number of anilines is 1. The molecular weight excluding hydrogens is 395 g/mol. The summed E-state index contributed by atoms with van der Waals surface area (Å²) in [6.07, 6.45) is 1.37. The standard InChI is InChI=1S/C21H20Cl2N4O/c22-18-7-4-8-19(23)20(18)25-14-17(13-24)21(28)27-11-9-26(10-12-27)15-16-5-2-1-3-6-16/h1-8,14,25H,9-12,15H2/b17-14-. The average molecular weight is 415 g/mol. The zero-order chi connectivity index (χ0) is 19.9. The van der Waals surface area contributed by atoms with Crippen LogP contribution in [-0.2, 0) is 11.3 Å². The lowest BCUT2D eigenvalue weighted by Gasteiger charge is -2.34. The SMILES string of the molecule is N#C/C(=C/Nc1c(Cl)cccc1Cl)C(=O)N1CCN(Cc2ccccc2)CC1. The third-order valence-corrected chi connectivity index (χ3v) is 5.21. The Balaban J connectivity index is 1.59. The molecule has 2 aromatic rings. The van der Waals surface area contributed by atoms with Gasteiger partial charge >= 0.3 is 0 Å². The fourth-order valence-corrected chi connectivity index (χ4v) is 3.55. The normalized spacial score (nSPS) is 15.2. The maximum Gasteiger partial charge on any atom is 0.266 e. The van der Waals surface area contributed by atoms with Crippen molar-refractivity contribution in [2.24, 2.45) is 0 Å². The maximum absolute atomic E-state index is 12.7. The number of carbonyl (C=O) groups is 1. The van der Waals surface area contributed by atoms with Crippen molar-refractivity contribution in [2.75, 3.05) is 31.5 Å². The molecule has 0 bridgehead atoms. The molecule has 0 aliphatic carbocycles. The van der Waals surface area contributed by atoms with Crippen LogP contribution >= 0.6 is 23.2 Å². The van der Waals surface area contributed by atoms with Gasteiger partial charge in [0.2, 0.25) is 0 Å². The van der Waals surface area contributed by atoms with Crippen molar-refractivity contribution < 1.29 is 4.79 Å². The number of amides is 1. The first-order chi connectivity index (χ1) is 13.6. The van der Waals surface area contributed by atoms with Gasteiger partial charge in [-0.05, 0) is 17.7 Å². The number of hydrogen-bond acceptors (Lipinski definition) is 4. The molecule has 1 amide bonds. The van der Waals surface area contributed by atoms with Crippen molar-refractivity contribution in [1.82, 2.24) is 9.80 Å². The topological polar surface area (TPSA) is 59.4 Å². The molecule has 7 heteroatoms. The predicted octanol–water partition coefficient (Wildman–Crippen LogP) is 4.16. The second kappa shape index (κ2) is 9.61. The predicted molar refractivity (Wildman–Crippen MR) is 112 cm³/mol. The molecule has 0 aromatic heterocycles. The van der Waals surface area contributed by atoms with Gasteiger partial charge in [-0.15, -0.1) is 0 Å². The molecule has 0 unspecified atom stereocenters. The molecule has 1 aliphatic heterocycles. The zero-order valence-electron chi connectivity index (χ0n) is 15.2. The molecule has 1 fully saturated rings. The number of carbonyl (C=O) groups excluding carboxylic acids is 1. The van der Waals surface area contributed by atoms with Crippen molar-refractivity contribution in [3.05, 3.63) is 75.9 Å². The molecule has 0 radical (unpaired) electrons. The summed E-state index contributed by atoms with van der Waals surface area (Å²) in [4.78, 5) is 16.7. The molecule has 1 heterocycles. The molecule has 144 valence electrons. The van der Waals surface area contributed by atoms with Crippen molar-refractivity contribution in [3.8, 4) is 6.07 Å². The first kappa shape index (κ1) is 20.2. The van der Waals surface area contributed by atoms with Crippen LogP contribution in [0.25, 0.3) is 0 Å². The van der Waals surface area contributed by atoms with Gasteiger partial charge < -0.3 is 10.2 Å². The van der Waals surface area contributed by atoms with Crippen LogP contribution in [0.3, 0.4) is 0 Å². The summed E-state index contributed by atoms with van der Waals surface area (Å²) in [5, 5.41) is 13.1. The molecule has 5 nitrogen and oxygen atoms in total. The summed E-state index contributed by atoms with van der Waals surface area (Å²) < 4.78 is 0. The minimum atomic E-state index is -0.294. The van der Waals surface area contributed by atoms with Crippen molar-refractivity contribution in [2.45, 2.75) is 6.54 Å². The van der Waals surface area contributed by atoms with E-state index in [0.717, 1.165) is 19.6 Å². The monoisotopic (exact) mass is 414 g/mol. The molecule has 1 aliphatic rings. The van der Waals surface area contributed by atoms with E-state index in [9.17, 15) is 10.1 Å². The van der Waals surface area contributed by atoms with E-state index < -0.39 is 0 Å². The van der Waals surface area contributed by atoms with E-state index in [1.165, 1.54) is 11.8 Å². The van der Waals surface area contributed by atoms with E-state index in [4.69, 9.17) is 23.2 Å². The Bertz CT molecular complexity index is 880. The number of nitriles is 1.